The molecule has 8 rings (SSSR count). The van der Waals surface area contributed by atoms with Gasteiger partial charge in [0.1, 0.15) is 73.2 Å². The molecule has 0 aromatic heterocycles. The molecule has 0 radical (unpaired) electrons. The molecule has 6 fully saturated rings. The van der Waals surface area contributed by atoms with Crippen LogP contribution in [0.1, 0.15) is 92.9 Å². The van der Waals surface area contributed by atoms with Crippen molar-refractivity contribution in [2.24, 2.45) is 44.3 Å². The number of aliphatic hydroxyl groups is 13. The van der Waals surface area contributed by atoms with Gasteiger partial charge in [0.25, 0.3) is 0 Å². The molecular formula is C48H78O19. The first-order chi connectivity index (χ1) is 31.4. The van der Waals surface area contributed by atoms with E-state index in [-0.39, 0.29) is 41.3 Å². The number of ether oxygens (including phenoxy) is 6. The molecule has 0 aromatic rings. The van der Waals surface area contributed by atoms with E-state index in [0.29, 0.717) is 25.7 Å². The molecule has 0 spiro atoms. The molecule has 384 valence electrons. The molecule has 19 heteroatoms. The summed E-state index contributed by atoms with van der Waals surface area (Å²) in [6.07, 6.45) is -16.5. The van der Waals surface area contributed by atoms with Crippen LogP contribution in [0.2, 0.25) is 0 Å². The molecule has 67 heavy (non-hydrogen) atoms. The van der Waals surface area contributed by atoms with Gasteiger partial charge >= 0.3 is 0 Å². The fourth-order valence-electron chi connectivity index (χ4n) is 14.5. The van der Waals surface area contributed by atoms with Crippen molar-refractivity contribution in [1.82, 2.24) is 0 Å². The molecule has 19 nitrogen and oxygen atoms in total. The minimum atomic E-state index is -1.90. The molecule has 24 atom stereocenters. The lowest BCUT2D eigenvalue weighted by Crippen LogP contribution is -2.67. The zero-order valence-electron chi connectivity index (χ0n) is 39.6. The van der Waals surface area contributed by atoms with Crippen LogP contribution in [0.4, 0.5) is 0 Å². The smallest absolute Gasteiger partial charge is 0.187 e. The van der Waals surface area contributed by atoms with Gasteiger partial charge in [-0.3, -0.25) is 0 Å². The number of rotatable bonds is 11. The Morgan fingerprint density at radius 3 is 1.81 bits per heavy atom. The van der Waals surface area contributed by atoms with Crippen LogP contribution < -0.4 is 0 Å². The Balaban J connectivity index is 1.06. The average Bonchev–Trinajstić information content (AvgIpc) is 3.29. The Bertz CT molecular complexity index is 1830. The van der Waals surface area contributed by atoms with E-state index in [9.17, 15) is 66.4 Å². The van der Waals surface area contributed by atoms with Crippen molar-refractivity contribution in [2.75, 3.05) is 33.0 Å². The number of hydrogen-bond acceptors (Lipinski definition) is 19. The maximum Gasteiger partial charge on any atom is 0.187 e. The highest BCUT2D eigenvalue weighted by Gasteiger charge is 2.69. The first-order valence-corrected chi connectivity index (χ1v) is 24.3. The molecule has 3 aliphatic heterocycles. The summed E-state index contributed by atoms with van der Waals surface area (Å²) in [7, 11) is 0. The van der Waals surface area contributed by atoms with E-state index in [1.165, 1.54) is 11.1 Å². The lowest BCUT2D eigenvalue weighted by Gasteiger charge is -2.70. The van der Waals surface area contributed by atoms with E-state index in [1.807, 2.05) is 6.92 Å². The van der Waals surface area contributed by atoms with E-state index in [2.05, 4.69) is 46.8 Å². The van der Waals surface area contributed by atoms with Gasteiger partial charge in [0, 0.05) is 16.2 Å². The van der Waals surface area contributed by atoms with E-state index < -0.39 is 140 Å². The number of hydrogen-bond donors (Lipinski definition) is 13. The van der Waals surface area contributed by atoms with Crippen LogP contribution in [0.3, 0.4) is 0 Å². The van der Waals surface area contributed by atoms with Gasteiger partial charge in [-0.15, -0.1) is 0 Å². The second-order valence-electron chi connectivity index (χ2n) is 23.1. The molecule has 3 saturated carbocycles. The van der Waals surface area contributed by atoms with Crippen molar-refractivity contribution in [3.05, 3.63) is 23.3 Å². The number of fused-ring (bicyclic) bond motifs is 6. The lowest BCUT2D eigenvalue weighted by atomic mass is 9.35. The molecule has 0 unspecified atom stereocenters. The molecular weight excluding hydrogens is 881 g/mol. The first-order valence-electron chi connectivity index (χ1n) is 24.3. The Hall–Kier alpha value is -1.28. The van der Waals surface area contributed by atoms with Crippen LogP contribution in [0.5, 0.6) is 0 Å². The van der Waals surface area contributed by atoms with Crippen molar-refractivity contribution in [2.45, 2.75) is 197 Å². The summed E-state index contributed by atoms with van der Waals surface area (Å²) in [5, 5.41) is 141. The quantitative estimate of drug-likeness (QED) is 0.105. The highest BCUT2D eigenvalue weighted by atomic mass is 16.8. The Morgan fingerprint density at radius 1 is 0.612 bits per heavy atom. The van der Waals surface area contributed by atoms with Gasteiger partial charge in [0.05, 0.1) is 45.2 Å². The molecule has 0 bridgehead atoms. The van der Waals surface area contributed by atoms with Crippen LogP contribution in [0, 0.1) is 44.3 Å². The second-order valence-corrected chi connectivity index (χ2v) is 23.1. The number of aliphatic hydroxyl groups excluding tert-OH is 13. The zero-order chi connectivity index (χ0) is 49.0. The van der Waals surface area contributed by atoms with Crippen molar-refractivity contribution in [3.8, 4) is 0 Å². The largest absolute Gasteiger partial charge is 0.396 e. The maximum atomic E-state index is 12.1. The summed E-state index contributed by atoms with van der Waals surface area (Å²) in [4.78, 5) is 0. The summed E-state index contributed by atoms with van der Waals surface area (Å²) in [6, 6.07) is 0. The molecule has 5 aliphatic carbocycles. The SMILES string of the molecule is CC1(C)CC[C@]2(CO)C(=C3C=C[C@H]4[C@]5(C)CC[C@@H](O[C@H]6O[C@@H](CO[C@@H]7O[C@H](CO)[C@@H](O)[C@@H](O)[C@@H]7O)[C@H](O[C@@H]7O[C@H](CO)[C@@H](O)[C@H](O)[C@@H]7O)[C@@H](O)[C@@H]6O)[C@](C)(CO)[C@@H]5CC[C@@]4(C)[C@]3(C)C[C@@H]2O)C1. The van der Waals surface area contributed by atoms with Gasteiger partial charge < -0.3 is 94.8 Å². The Morgan fingerprint density at radius 2 is 1.19 bits per heavy atom. The minimum absolute atomic E-state index is 0.0246. The average molecular weight is 959 g/mol. The predicted molar refractivity (Wildman–Crippen MR) is 233 cm³/mol. The summed E-state index contributed by atoms with van der Waals surface area (Å²) in [6.45, 7) is 10.9. The minimum Gasteiger partial charge on any atom is -0.396 e. The van der Waals surface area contributed by atoms with Crippen LogP contribution in [0.15, 0.2) is 23.3 Å². The lowest BCUT2D eigenvalue weighted by molar-refractivity contribution is -0.376. The van der Waals surface area contributed by atoms with Gasteiger partial charge in [0.15, 0.2) is 18.9 Å². The normalized spacial score (nSPS) is 54.2. The molecule has 0 aromatic carbocycles. The van der Waals surface area contributed by atoms with E-state index in [4.69, 9.17) is 28.4 Å². The van der Waals surface area contributed by atoms with Gasteiger partial charge in [0.2, 0.25) is 0 Å². The standard InChI is InChI=1S/C48H78O19/c1-43(2)13-14-48(21-52)23(15-43)22-7-8-28-44(3)11-10-30(45(4,20-51)27(44)9-12-46(28,5)47(22,6)16-29(48)53)66-41-38(61)35(58)39(67-42-37(60)34(57)32(55)25(18-50)64-42)26(65-41)19-62-40-36(59)33(56)31(54)24(17-49)63-40/h7-8,24-42,49-61H,9-21H2,1-6H3/t24-,25-,26+,27-,28+,29+,30-,31-,32-,33-,34+,35+,36+,37+,38+,39+,40-,41-,42+,44-,45-,46-,47-,48+/m1/s1. The van der Waals surface area contributed by atoms with Crippen molar-refractivity contribution in [3.63, 3.8) is 0 Å². The van der Waals surface area contributed by atoms with Crippen molar-refractivity contribution < 1.29 is 94.8 Å². The van der Waals surface area contributed by atoms with Gasteiger partial charge in [-0.1, -0.05) is 59.3 Å². The fraction of sp³-hybridized carbons (Fsp3) is 0.917. The monoisotopic (exact) mass is 959 g/mol. The summed E-state index contributed by atoms with van der Waals surface area (Å²) in [5.74, 6) is -0.0749. The van der Waals surface area contributed by atoms with Gasteiger partial charge in [-0.25, -0.2) is 0 Å². The third-order valence-electron chi connectivity index (χ3n) is 19.0. The predicted octanol–water partition coefficient (Wildman–Crippen LogP) is -1.52. The molecule has 3 saturated heterocycles. The van der Waals surface area contributed by atoms with E-state index in [0.717, 1.165) is 25.7 Å². The van der Waals surface area contributed by atoms with Crippen LogP contribution >= 0.6 is 0 Å². The fourth-order valence-corrected chi connectivity index (χ4v) is 14.5. The first kappa shape index (κ1) is 52.1. The third kappa shape index (κ3) is 8.15. The van der Waals surface area contributed by atoms with Gasteiger partial charge in [-0.2, -0.15) is 0 Å². The third-order valence-corrected chi connectivity index (χ3v) is 19.0. The van der Waals surface area contributed by atoms with Crippen LogP contribution in [-0.2, 0) is 28.4 Å². The highest BCUT2D eigenvalue weighted by molar-refractivity contribution is 5.47. The van der Waals surface area contributed by atoms with E-state index in [1.54, 1.807) is 0 Å². The van der Waals surface area contributed by atoms with Crippen LogP contribution in [0.25, 0.3) is 0 Å². The number of allylic oxidation sites excluding steroid dienone is 3. The van der Waals surface area contributed by atoms with Gasteiger partial charge in [-0.05, 0) is 85.0 Å². The topological polar surface area (TPSA) is 318 Å². The summed E-state index contributed by atoms with van der Waals surface area (Å²) in [5.41, 5.74) is -0.186. The summed E-state index contributed by atoms with van der Waals surface area (Å²) >= 11 is 0. The Labute approximate surface area is 391 Å². The zero-order valence-corrected chi connectivity index (χ0v) is 39.6. The highest BCUT2D eigenvalue weighted by Crippen LogP contribution is 2.74. The molecule has 13 N–H and O–H groups in total. The molecule has 0 amide bonds. The molecule has 3 heterocycles. The van der Waals surface area contributed by atoms with Crippen molar-refractivity contribution >= 4 is 0 Å². The van der Waals surface area contributed by atoms with Crippen LogP contribution in [-0.4, -0.2) is 204 Å². The van der Waals surface area contributed by atoms with E-state index >= 15 is 0 Å². The Kier molecular flexibility index (Phi) is 14.5. The molecule has 8 aliphatic rings. The second kappa shape index (κ2) is 18.6. The summed E-state index contributed by atoms with van der Waals surface area (Å²) < 4.78 is 35.8. The van der Waals surface area contributed by atoms with Crippen molar-refractivity contribution in [1.29, 1.82) is 0 Å². The maximum absolute atomic E-state index is 12.1.